The maximum atomic E-state index is 12.8. The fourth-order valence-corrected chi connectivity index (χ4v) is 4.34. The van der Waals surface area contributed by atoms with E-state index in [-0.39, 0.29) is 10.8 Å². The highest BCUT2D eigenvalue weighted by Crippen LogP contribution is 2.30. The van der Waals surface area contributed by atoms with Crippen LogP contribution >= 0.6 is 0 Å². The normalized spacial score (nSPS) is 17.0. The number of carbonyl (C=O) groups is 1. The van der Waals surface area contributed by atoms with Crippen LogP contribution in [0.25, 0.3) is 0 Å². The lowest BCUT2D eigenvalue weighted by Crippen LogP contribution is -2.41. The van der Waals surface area contributed by atoms with Crippen molar-refractivity contribution in [3.05, 3.63) is 59.2 Å². The van der Waals surface area contributed by atoms with Crippen LogP contribution in [0.5, 0.6) is 0 Å². The maximum Gasteiger partial charge on any atom is 0.241 e. The predicted octanol–water partition coefficient (Wildman–Crippen LogP) is 1.28. The number of anilines is 1. The van der Waals surface area contributed by atoms with Gasteiger partial charge in [-0.15, -0.1) is 0 Å². The van der Waals surface area contributed by atoms with Gasteiger partial charge in [0.1, 0.15) is 0 Å². The van der Waals surface area contributed by atoms with Crippen molar-refractivity contribution in [2.45, 2.75) is 24.3 Å². The van der Waals surface area contributed by atoms with Crippen molar-refractivity contribution in [3.63, 3.8) is 0 Å². The number of amides is 1. The van der Waals surface area contributed by atoms with Gasteiger partial charge in [-0.3, -0.25) is 9.69 Å². The lowest BCUT2D eigenvalue weighted by atomic mass is 10.00. The molecule has 2 aromatic rings. The molecule has 0 atom stereocenters. The highest BCUT2D eigenvalue weighted by atomic mass is 32.2. The molecule has 6 nitrogen and oxygen atoms in total. The molecule has 0 spiro atoms. The molecule has 0 unspecified atom stereocenters. The molecule has 0 radical (unpaired) electrons. The first-order valence-corrected chi connectivity index (χ1v) is 10.2. The molecular formula is C19H21N3O3S. The van der Waals surface area contributed by atoms with Gasteiger partial charge in [-0.05, 0) is 47.7 Å². The van der Waals surface area contributed by atoms with E-state index in [1.165, 1.54) is 17.2 Å². The summed E-state index contributed by atoms with van der Waals surface area (Å²) in [5.41, 5.74) is 4.29. The molecule has 136 valence electrons. The smallest absolute Gasteiger partial charge is 0.241 e. The van der Waals surface area contributed by atoms with Gasteiger partial charge in [-0.1, -0.05) is 24.3 Å². The molecule has 0 fully saturated rings. The molecule has 0 aromatic heterocycles. The van der Waals surface area contributed by atoms with Crippen LogP contribution in [0.15, 0.2) is 47.4 Å². The molecule has 0 aliphatic carbocycles. The largest absolute Gasteiger partial charge is 0.311 e. The fourth-order valence-electron chi connectivity index (χ4n) is 3.78. The summed E-state index contributed by atoms with van der Waals surface area (Å²) in [5, 5.41) is 5.19. The third-order valence-electron chi connectivity index (χ3n) is 5.14. The lowest BCUT2D eigenvalue weighted by molar-refractivity contribution is -0.119. The molecule has 4 rings (SSSR count). The zero-order valence-electron chi connectivity index (χ0n) is 14.4. The molecule has 2 aromatic carbocycles. The van der Waals surface area contributed by atoms with E-state index >= 15 is 0 Å². The Labute approximate surface area is 153 Å². The number of primary sulfonamides is 1. The van der Waals surface area contributed by atoms with E-state index in [1.54, 1.807) is 17.0 Å². The minimum absolute atomic E-state index is 0.0477. The van der Waals surface area contributed by atoms with Crippen LogP contribution < -0.4 is 10.0 Å². The molecule has 7 heteroatoms. The van der Waals surface area contributed by atoms with Crippen LogP contribution in [0, 0.1) is 0 Å². The number of nitrogens with two attached hydrogens (primary N) is 1. The Kier molecular flexibility index (Phi) is 4.30. The third-order valence-corrected chi connectivity index (χ3v) is 6.06. The van der Waals surface area contributed by atoms with Crippen molar-refractivity contribution in [2.75, 3.05) is 24.5 Å². The van der Waals surface area contributed by atoms with Gasteiger partial charge in [0.25, 0.3) is 0 Å². The second-order valence-corrected chi connectivity index (χ2v) is 8.42. The van der Waals surface area contributed by atoms with Crippen LogP contribution in [0.3, 0.4) is 0 Å². The van der Waals surface area contributed by atoms with E-state index in [0.717, 1.165) is 30.8 Å². The van der Waals surface area contributed by atoms with E-state index in [9.17, 15) is 13.2 Å². The first-order chi connectivity index (χ1) is 12.4. The number of hydrogen-bond donors (Lipinski definition) is 1. The number of carbonyl (C=O) groups excluding carboxylic acids is 1. The molecular weight excluding hydrogens is 350 g/mol. The summed E-state index contributed by atoms with van der Waals surface area (Å²) >= 11 is 0. The van der Waals surface area contributed by atoms with E-state index in [1.807, 2.05) is 6.07 Å². The molecule has 0 saturated heterocycles. The van der Waals surface area contributed by atoms with Gasteiger partial charge in [0, 0.05) is 25.3 Å². The predicted molar refractivity (Wildman–Crippen MR) is 99.3 cm³/mol. The summed E-state index contributed by atoms with van der Waals surface area (Å²) in [6.45, 7) is 2.60. The first-order valence-electron chi connectivity index (χ1n) is 8.67. The summed E-state index contributed by atoms with van der Waals surface area (Å²) in [7, 11) is -3.72. The number of rotatable bonds is 3. The van der Waals surface area contributed by atoms with E-state index in [2.05, 4.69) is 23.1 Å². The molecule has 1 amide bonds. The van der Waals surface area contributed by atoms with Crippen LogP contribution in [0.4, 0.5) is 5.69 Å². The molecule has 2 N–H and O–H groups in total. The Balaban J connectivity index is 1.48. The standard InChI is InChI=1S/C19H21N3O3S/c20-26(24,25)17-5-6-18-15(11-17)8-10-22(18)19(23)13-21-9-7-14-3-1-2-4-16(14)12-21/h1-6,11H,7-10,12-13H2,(H2,20,24,25). The van der Waals surface area contributed by atoms with Crippen molar-refractivity contribution in [1.82, 2.24) is 4.90 Å². The van der Waals surface area contributed by atoms with Crippen molar-refractivity contribution in [2.24, 2.45) is 5.14 Å². The van der Waals surface area contributed by atoms with E-state index in [4.69, 9.17) is 5.14 Å². The Morgan fingerprint density at radius 1 is 1.00 bits per heavy atom. The Bertz CT molecular complexity index is 972. The van der Waals surface area contributed by atoms with Gasteiger partial charge in [-0.25, -0.2) is 13.6 Å². The van der Waals surface area contributed by atoms with Crippen LogP contribution in [0.2, 0.25) is 0 Å². The maximum absolute atomic E-state index is 12.8. The van der Waals surface area contributed by atoms with Gasteiger partial charge in [0.15, 0.2) is 0 Å². The fraction of sp³-hybridized carbons (Fsp3) is 0.316. The quantitative estimate of drug-likeness (QED) is 0.881. The number of sulfonamides is 1. The van der Waals surface area contributed by atoms with Gasteiger partial charge in [0.05, 0.1) is 11.4 Å². The number of hydrogen-bond acceptors (Lipinski definition) is 4. The van der Waals surface area contributed by atoms with Crippen LogP contribution in [-0.4, -0.2) is 38.9 Å². The Morgan fingerprint density at radius 2 is 1.73 bits per heavy atom. The Hall–Kier alpha value is -2.22. The summed E-state index contributed by atoms with van der Waals surface area (Å²) in [5.74, 6) is 0.0477. The lowest BCUT2D eigenvalue weighted by Gasteiger charge is -2.29. The molecule has 0 bridgehead atoms. The topological polar surface area (TPSA) is 83.7 Å². The van der Waals surface area contributed by atoms with Crippen molar-refractivity contribution >= 4 is 21.6 Å². The van der Waals surface area contributed by atoms with E-state index in [0.29, 0.717) is 19.5 Å². The molecule has 26 heavy (non-hydrogen) atoms. The zero-order valence-corrected chi connectivity index (χ0v) is 15.2. The van der Waals surface area contributed by atoms with E-state index < -0.39 is 10.0 Å². The minimum atomic E-state index is -3.72. The summed E-state index contributed by atoms with van der Waals surface area (Å²) in [4.78, 5) is 16.8. The molecule has 0 saturated carbocycles. The van der Waals surface area contributed by atoms with Gasteiger partial charge in [0.2, 0.25) is 15.9 Å². The van der Waals surface area contributed by atoms with Gasteiger partial charge in [-0.2, -0.15) is 0 Å². The van der Waals surface area contributed by atoms with Crippen molar-refractivity contribution in [1.29, 1.82) is 0 Å². The third kappa shape index (κ3) is 3.25. The first kappa shape index (κ1) is 17.2. The number of benzene rings is 2. The Morgan fingerprint density at radius 3 is 2.50 bits per heavy atom. The number of fused-ring (bicyclic) bond motifs is 2. The zero-order chi connectivity index (χ0) is 18.3. The second kappa shape index (κ2) is 6.50. The summed E-state index contributed by atoms with van der Waals surface area (Å²) < 4.78 is 23.0. The minimum Gasteiger partial charge on any atom is -0.311 e. The average Bonchev–Trinajstić information content (AvgIpc) is 3.04. The SMILES string of the molecule is NS(=O)(=O)c1ccc2c(c1)CCN2C(=O)CN1CCc2ccccc2C1. The second-order valence-electron chi connectivity index (χ2n) is 6.86. The van der Waals surface area contributed by atoms with Crippen molar-refractivity contribution in [3.8, 4) is 0 Å². The highest BCUT2D eigenvalue weighted by Gasteiger charge is 2.28. The molecule has 2 heterocycles. The monoisotopic (exact) mass is 371 g/mol. The molecule has 2 aliphatic rings. The van der Waals surface area contributed by atoms with Gasteiger partial charge >= 0.3 is 0 Å². The van der Waals surface area contributed by atoms with Crippen LogP contribution in [0.1, 0.15) is 16.7 Å². The molecule has 2 aliphatic heterocycles. The van der Waals surface area contributed by atoms with Crippen molar-refractivity contribution < 1.29 is 13.2 Å². The summed E-state index contributed by atoms with van der Waals surface area (Å²) in [6.07, 6.45) is 1.60. The number of nitrogens with zero attached hydrogens (tertiary/aromatic N) is 2. The highest BCUT2D eigenvalue weighted by molar-refractivity contribution is 7.89. The average molecular weight is 371 g/mol. The van der Waals surface area contributed by atoms with Gasteiger partial charge < -0.3 is 4.90 Å². The summed E-state index contributed by atoms with van der Waals surface area (Å²) in [6, 6.07) is 13.1. The van der Waals surface area contributed by atoms with Crippen LogP contribution in [-0.2, 0) is 34.2 Å².